The summed E-state index contributed by atoms with van der Waals surface area (Å²) in [6, 6.07) is -0.602. The van der Waals surface area contributed by atoms with Crippen molar-refractivity contribution in [2.24, 2.45) is 4.99 Å². The smallest absolute Gasteiger partial charge is 0.352 e. The number of aliphatic imine (C=N–C) groups is 1. The van der Waals surface area contributed by atoms with Crippen LogP contribution in [-0.4, -0.2) is 63.1 Å². The predicted octanol–water partition coefficient (Wildman–Crippen LogP) is 3.30. The number of hydrogen-bond donors (Lipinski definition) is 0. The molecule has 1 aromatic rings. The van der Waals surface area contributed by atoms with Gasteiger partial charge in [0.2, 0.25) is 11.7 Å². The van der Waals surface area contributed by atoms with Crippen LogP contribution in [0.1, 0.15) is 42.0 Å². The lowest BCUT2D eigenvalue weighted by Gasteiger charge is -2.32. The minimum absolute atomic E-state index is 0.0755. The first-order valence-electron chi connectivity index (χ1n) is 9.74. The first-order valence-corrected chi connectivity index (χ1v) is 9.74. The van der Waals surface area contributed by atoms with E-state index in [0.717, 1.165) is 4.90 Å². The van der Waals surface area contributed by atoms with Crippen molar-refractivity contribution in [3.05, 3.63) is 22.8 Å². The van der Waals surface area contributed by atoms with Gasteiger partial charge in [-0.15, -0.1) is 0 Å². The molecule has 3 aliphatic rings. The summed E-state index contributed by atoms with van der Waals surface area (Å²) in [4.78, 5) is 25.4. The largest absolute Gasteiger partial charge is 0.451 e. The van der Waals surface area contributed by atoms with Crippen LogP contribution in [-0.2, 0) is 30.1 Å². The third-order valence-corrected chi connectivity index (χ3v) is 5.61. The first-order chi connectivity index (χ1) is 14.7. The molecule has 1 aromatic heterocycles. The minimum atomic E-state index is -5.19. The molecule has 4 rings (SSSR count). The highest BCUT2D eigenvalue weighted by atomic mass is 19.4. The van der Waals surface area contributed by atoms with E-state index in [0.29, 0.717) is 5.84 Å². The number of carbonyl (C=O) groups is 1. The maximum atomic E-state index is 13.6. The molecule has 0 aliphatic carbocycles. The molecule has 14 heteroatoms. The molecule has 3 aliphatic heterocycles. The lowest BCUT2D eigenvalue weighted by Crippen LogP contribution is -2.45. The van der Waals surface area contributed by atoms with E-state index in [1.165, 1.54) is 4.90 Å². The Balaban J connectivity index is 1.50. The van der Waals surface area contributed by atoms with Crippen LogP contribution in [0.25, 0.3) is 0 Å². The Bertz CT molecular complexity index is 958. The fourth-order valence-electron chi connectivity index (χ4n) is 4.17. The Hall–Kier alpha value is -2.54. The first kappa shape index (κ1) is 22.6. The normalized spacial score (nSPS) is 23.0. The van der Waals surface area contributed by atoms with Crippen LogP contribution < -0.4 is 0 Å². The van der Waals surface area contributed by atoms with Crippen LogP contribution in [0.15, 0.2) is 4.99 Å². The molecule has 6 nitrogen and oxygen atoms in total. The van der Waals surface area contributed by atoms with Crippen LogP contribution in [0.2, 0.25) is 0 Å². The van der Waals surface area contributed by atoms with Crippen molar-refractivity contribution in [2.45, 2.75) is 56.5 Å². The van der Waals surface area contributed by atoms with Crippen molar-refractivity contribution < 1.29 is 39.9 Å². The number of fused-ring (bicyclic) bond motifs is 2. The summed E-state index contributed by atoms with van der Waals surface area (Å²) in [5.74, 6) is -4.83. The van der Waals surface area contributed by atoms with E-state index < -0.39 is 66.1 Å². The van der Waals surface area contributed by atoms with E-state index in [9.17, 15) is 39.9 Å². The number of nitrogens with zero attached hydrogens (tertiary/aromatic N) is 5. The number of amides is 1. The summed E-state index contributed by atoms with van der Waals surface area (Å²) in [7, 11) is 0. The zero-order valence-electron chi connectivity index (χ0n) is 16.4. The van der Waals surface area contributed by atoms with Crippen LogP contribution in [0.5, 0.6) is 0 Å². The molecule has 0 spiro atoms. The summed E-state index contributed by atoms with van der Waals surface area (Å²) < 4.78 is 106. The predicted molar refractivity (Wildman–Crippen MR) is 92.8 cm³/mol. The summed E-state index contributed by atoms with van der Waals surface area (Å²) in [5.41, 5.74) is -2.62. The molecule has 1 saturated heterocycles. The van der Waals surface area contributed by atoms with Gasteiger partial charge in [0.1, 0.15) is 0 Å². The number of alkyl halides is 8. The second kappa shape index (κ2) is 7.51. The van der Waals surface area contributed by atoms with Gasteiger partial charge in [0.25, 0.3) is 5.92 Å². The third kappa shape index (κ3) is 4.49. The Labute approximate surface area is 176 Å². The third-order valence-electron chi connectivity index (χ3n) is 5.61. The van der Waals surface area contributed by atoms with Gasteiger partial charge >= 0.3 is 12.4 Å². The zero-order chi connectivity index (χ0) is 23.5. The van der Waals surface area contributed by atoms with Gasteiger partial charge in [-0.3, -0.25) is 9.79 Å². The molecular weight excluding hydrogens is 454 g/mol. The molecular formula is C18H17F8N5O. The molecule has 0 radical (unpaired) electrons. The zero-order valence-corrected chi connectivity index (χ0v) is 16.4. The standard InChI is InChI=1S/C18H17F8N5O/c19-16(20)3-1-12-27-9(6-31(12)8-16)5-13(32)30-4-2-10-11(7-30)28-15(18(24,25)26)29-14(10)17(21,22)23/h9H,1-8H2/t9-/m0/s1. The minimum Gasteiger partial charge on any atom is -0.352 e. The van der Waals surface area contributed by atoms with E-state index in [1.54, 1.807) is 0 Å². The highest BCUT2D eigenvalue weighted by Crippen LogP contribution is 2.37. The summed E-state index contributed by atoms with van der Waals surface area (Å²) in [5, 5.41) is 0. The number of piperidine rings is 1. The maximum absolute atomic E-state index is 13.6. The van der Waals surface area contributed by atoms with Gasteiger partial charge in [-0.05, 0) is 6.42 Å². The fourth-order valence-corrected chi connectivity index (χ4v) is 4.17. The van der Waals surface area contributed by atoms with E-state index in [1.807, 2.05) is 0 Å². The van der Waals surface area contributed by atoms with Crippen molar-refractivity contribution in [1.82, 2.24) is 19.8 Å². The van der Waals surface area contributed by atoms with Crippen molar-refractivity contribution in [3.8, 4) is 0 Å². The molecule has 0 unspecified atom stereocenters. The fraction of sp³-hybridized carbons (Fsp3) is 0.667. The Morgan fingerprint density at radius 3 is 2.44 bits per heavy atom. The lowest BCUT2D eigenvalue weighted by atomic mass is 10.0. The Kier molecular flexibility index (Phi) is 5.31. The SMILES string of the molecule is O=C(C[C@H]1CN2CC(F)(F)CCC2=N1)N1CCc2c(nc(C(F)(F)F)nc2C(F)(F)F)C1. The lowest BCUT2D eigenvalue weighted by molar-refractivity contribution is -0.153. The Morgan fingerprint density at radius 1 is 1.06 bits per heavy atom. The molecule has 0 bridgehead atoms. The molecule has 0 N–H and O–H groups in total. The van der Waals surface area contributed by atoms with Crippen molar-refractivity contribution in [3.63, 3.8) is 0 Å². The van der Waals surface area contributed by atoms with Crippen molar-refractivity contribution >= 4 is 11.7 Å². The Morgan fingerprint density at radius 2 is 1.78 bits per heavy atom. The van der Waals surface area contributed by atoms with E-state index in [-0.39, 0.29) is 38.8 Å². The van der Waals surface area contributed by atoms with Crippen LogP contribution in [0.3, 0.4) is 0 Å². The highest BCUT2D eigenvalue weighted by molar-refractivity contribution is 5.86. The van der Waals surface area contributed by atoms with Gasteiger partial charge in [0, 0.05) is 31.5 Å². The number of rotatable bonds is 2. The number of halogens is 8. The second-order valence-electron chi connectivity index (χ2n) is 8.02. The molecule has 1 fully saturated rings. The molecule has 4 heterocycles. The van der Waals surface area contributed by atoms with Crippen LogP contribution in [0.4, 0.5) is 35.1 Å². The van der Waals surface area contributed by atoms with Gasteiger partial charge in [0.15, 0.2) is 5.69 Å². The average Bonchev–Trinajstić information content (AvgIpc) is 3.05. The van der Waals surface area contributed by atoms with Gasteiger partial charge < -0.3 is 9.80 Å². The second-order valence-corrected chi connectivity index (χ2v) is 8.02. The van der Waals surface area contributed by atoms with Crippen molar-refractivity contribution in [2.75, 3.05) is 19.6 Å². The van der Waals surface area contributed by atoms with E-state index >= 15 is 0 Å². The number of hydrogen-bond acceptors (Lipinski definition) is 5. The quantitative estimate of drug-likeness (QED) is 0.622. The summed E-state index contributed by atoms with van der Waals surface area (Å²) in [6.45, 7) is -1.08. The molecule has 0 aromatic carbocycles. The van der Waals surface area contributed by atoms with Crippen molar-refractivity contribution in [1.29, 1.82) is 0 Å². The van der Waals surface area contributed by atoms with Gasteiger partial charge in [-0.1, -0.05) is 0 Å². The maximum Gasteiger partial charge on any atom is 0.451 e. The molecule has 0 saturated carbocycles. The number of carbonyl (C=O) groups excluding carboxylic acids is 1. The average molecular weight is 471 g/mol. The molecule has 1 atom stereocenters. The highest BCUT2D eigenvalue weighted by Gasteiger charge is 2.44. The van der Waals surface area contributed by atoms with E-state index in [2.05, 4.69) is 15.0 Å². The number of aromatic nitrogens is 2. The van der Waals surface area contributed by atoms with E-state index in [4.69, 9.17) is 0 Å². The number of amidine groups is 1. The van der Waals surface area contributed by atoms with Gasteiger partial charge in [-0.2, -0.15) is 26.3 Å². The summed E-state index contributed by atoms with van der Waals surface area (Å²) >= 11 is 0. The van der Waals surface area contributed by atoms with Crippen LogP contribution >= 0.6 is 0 Å². The molecule has 1 amide bonds. The molecule has 32 heavy (non-hydrogen) atoms. The van der Waals surface area contributed by atoms with Crippen LogP contribution in [0, 0.1) is 0 Å². The van der Waals surface area contributed by atoms with Gasteiger partial charge in [0.05, 0.1) is 37.1 Å². The molecule has 176 valence electrons. The van der Waals surface area contributed by atoms with Gasteiger partial charge in [-0.25, -0.2) is 18.7 Å². The monoisotopic (exact) mass is 471 g/mol. The summed E-state index contributed by atoms with van der Waals surface area (Å²) in [6.07, 6.45) is -11.1. The topological polar surface area (TPSA) is 61.7 Å².